The number of aromatic nitrogens is 2. The Balaban J connectivity index is 2.08. The number of hydrogen-bond acceptors (Lipinski definition) is 3. The van der Waals surface area contributed by atoms with Gasteiger partial charge in [0, 0.05) is 11.6 Å². The number of nitrogens with two attached hydrogens (primary N) is 1. The lowest BCUT2D eigenvalue weighted by molar-refractivity contribution is -0.274. The van der Waals surface area contributed by atoms with Crippen LogP contribution in [0.1, 0.15) is 0 Å². The number of nitrogens with zero attached hydrogens (tertiary/aromatic N) is 2. The third-order valence-corrected chi connectivity index (χ3v) is 3.17. The molecule has 0 amide bonds. The minimum absolute atomic E-state index is 0.107. The highest BCUT2D eigenvalue weighted by Crippen LogP contribution is 2.30. The fourth-order valence-electron chi connectivity index (χ4n) is 2.26. The molecule has 0 aliphatic heterocycles. The lowest BCUT2D eigenvalue weighted by atomic mass is 10.1. The highest BCUT2D eigenvalue weighted by molar-refractivity contribution is 5.66. The van der Waals surface area contributed by atoms with E-state index in [0.717, 1.165) is 0 Å². The van der Waals surface area contributed by atoms with Crippen LogP contribution in [0.2, 0.25) is 0 Å². The Morgan fingerprint density at radius 3 is 2.46 bits per heavy atom. The first-order chi connectivity index (χ1) is 11.3. The van der Waals surface area contributed by atoms with Crippen molar-refractivity contribution in [1.82, 2.24) is 9.78 Å². The van der Waals surface area contributed by atoms with Gasteiger partial charge >= 0.3 is 6.36 Å². The molecule has 0 spiro atoms. The van der Waals surface area contributed by atoms with E-state index in [-0.39, 0.29) is 17.3 Å². The molecular weight excluding hydrogens is 326 g/mol. The largest absolute Gasteiger partial charge is 0.573 e. The fraction of sp³-hybridized carbons (Fsp3) is 0.0625. The normalized spacial score (nSPS) is 11.5. The lowest BCUT2D eigenvalue weighted by Crippen LogP contribution is -2.17. The standard InChI is InChI=1S/C16H11F4N3O/c17-12-6-1-2-7-13(12)23-14(9-15(21)22-23)10-4-3-5-11(8-10)24-16(18,19)20/h1-9H,(H2,21,22). The first-order valence-corrected chi connectivity index (χ1v) is 6.80. The molecule has 2 aromatic carbocycles. The Labute approximate surface area is 134 Å². The number of ether oxygens (including phenoxy) is 1. The van der Waals surface area contributed by atoms with Crippen LogP contribution in [0.15, 0.2) is 54.6 Å². The van der Waals surface area contributed by atoms with Gasteiger partial charge in [-0.1, -0.05) is 24.3 Å². The maximum absolute atomic E-state index is 14.0. The average Bonchev–Trinajstić information content (AvgIpc) is 2.88. The van der Waals surface area contributed by atoms with E-state index in [4.69, 9.17) is 5.73 Å². The quantitative estimate of drug-likeness (QED) is 0.730. The maximum Gasteiger partial charge on any atom is 0.573 e. The summed E-state index contributed by atoms with van der Waals surface area (Å²) in [5, 5.41) is 4.01. The second kappa shape index (κ2) is 5.88. The SMILES string of the molecule is Nc1cc(-c2cccc(OC(F)(F)F)c2)n(-c2ccccc2F)n1. The number of alkyl halides is 3. The maximum atomic E-state index is 14.0. The smallest absolute Gasteiger partial charge is 0.406 e. The summed E-state index contributed by atoms with van der Waals surface area (Å²) in [5.74, 6) is -0.820. The van der Waals surface area contributed by atoms with Gasteiger partial charge in [-0.05, 0) is 24.3 Å². The summed E-state index contributed by atoms with van der Waals surface area (Å²) < 4.78 is 56.2. The van der Waals surface area contributed by atoms with Crippen molar-refractivity contribution in [2.75, 3.05) is 5.73 Å². The van der Waals surface area contributed by atoms with Gasteiger partial charge in [-0.2, -0.15) is 5.10 Å². The van der Waals surface area contributed by atoms with Crippen LogP contribution in [0.4, 0.5) is 23.4 Å². The zero-order valence-corrected chi connectivity index (χ0v) is 12.1. The summed E-state index contributed by atoms with van der Waals surface area (Å²) in [7, 11) is 0. The van der Waals surface area contributed by atoms with Crippen molar-refractivity contribution >= 4 is 5.82 Å². The first-order valence-electron chi connectivity index (χ1n) is 6.80. The van der Waals surface area contributed by atoms with Crippen LogP contribution in [-0.4, -0.2) is 16.1 Å². The van der Waals surface area contributed by atoms with Crippen molar-refractivity contribution in [3.63, 3.8) is 0 Å². The van der Waals surface area contributed by atoms with Crippen molar-refractivity contribution in [1.29, 1.82) is 0 Å². The van der Waals surface area contributed by atoms with Gasteiger partial charge in [0.25, 0.3) is 0 Å². The molecule has 2 N–H and O–H groups in total. The van der Waals surface area contributed by atoms with Crippen molar-refractivity contribution in [2.24, 2.45) is 0 Å². The molecule has 3 aromatic rings. The second-order valence-electron chi connectivity index (χ2n) is 4.89. The van der Waals surface area contributed by atoms with Gasteiger partial charge in [-0.15, -0.1) is 13.2 Å². The molecule has 0 radical (unpaired) electrons. The number of rotatable bonds is 3. The van der Waals surface area contributed by atoms with Crippen LogP contribution in [0.25, 0.3) is 16.9 Å². The third-order valence-electron chi connectivity index (χ3n) is 3.17. The Morgan fingerprint density at radius 2 is 1.75 bits per heavy atom. The minimum atomic E-state index is -4.80. The van der Waals surface area contributed by atoms with Crippen molar-refractivity contribution in [3.8, 4) is 22.7 Å². The molecular formula is C16H11F4N3O. The van der Waals surface area contributed by atoms with E-state index in [9.17, 15) is 17.6 Å². The lowest BCUT2D eigenvalue weighted by Gasteiger charge is -2.11. The summed E-state index contributed by atoms with van der Waals surface area (Å²) in [6, 6.07) is 12.6. The highest BCUT2D eigenvalue weighted by atomic mass is 19.4. The number of anilines is 1. The molecule has 0 saturated heterocycles. The number of para-hydroxylation sites is 1. The Bertz CT molecular complexity index is 874. The van der Waals surface area contributed by atoms with Crippen molar-refractivity contribution in [3.05, 3.63) is 60.4 Å². The van der Waals surface area contributed by atoms with E-state index in [0.29, 0.717) is 11.3 Å². The van der Waals surface area contributed by atoms with Crippen molar-refractivity contribution in [2.45, 2.75) is 6.36 Å². The molecule has 4 nitrogen and oxygen atoms in total. The van der Waals surface area contributed by atoms with Crippen LogP contribution in [0, 0.1) is 5.82 Å². The summed E-state index contributed by atoms with van der Waals surface area (Å²) in [5.41, 5.74) is 6.50. The van der Waals surface area contributed by atoms with Gasteiger partial charge in [0.05, 0.1) is 5.69 Å². The van der Waals surface area contributed by atoms with Gasteiger partial charge in [0.1, 0.15) is 23.1 Å². The molecule has 24 heavy (non-hydrogen) atoms. The number of benzene rings is 2. The predicted octanol–water partition coefficient (Wildman–Crippen LogP) is 4.16. The molecule has 0 unspecified atom stereocenters. The van der Waals surface area contributed by atoms with Gasteiger partial charge in [0.2, 0.25) is 0 Å². The molecule has 1 heterocycles. The van der Waals surface area contributed by atoms with E-state index in [1.54, 1.807) is 12.1 Å². The zero-order valence-electron chi connectivity index (χ0n) is 12.1. The zero-order chi connectivity index (χ0) is 17.3. The average molecular weight is 337 g/mol. The molecule has 0 bridgehead atoms. The van der Waals surface area contributed by atoms with Crippen molar-refractivity contribution < 1.29 is 22.3 Å². The third kappa shape index (κ3) is 3.32. The van der Waals surface area contributed by atoms with E-state index in [1.807, 2.05) is 0 Å². The first kappa shape index (κ1) is 15.9. The van der Waals surface area contributed by atoms with Crippen LogP contribution in [-0.2, 0) is 0 Å². The molecule has 0 aliphatic carbocycles. The molecule has 0 saturated carbocycles. The van der Waals surface area contributed by atoms with Crippen LogP contribution in [0.5, 0.6) is 5.75 Å². The van der Waals surface area contributed by atoms with E-state index in [2.05, 4.69) is 9.84 Å². The molecule has 3 rings (SSSR count). The summed E-state index contributed by atoms with van der Waals surface area (Å²) >= 11 is 0. The van der Waals surface area contributed by atoms with Gasteiger partial charge < -0.3 is 10.5 Å². The summed E-state index contributed by atoms with van der Waals surface area (Å²) in [6.07, 6.45) is -4.80. The molecule has 0 atom stereocenters. The minimum Gasteiger partial charge on any atom is -0.406 e. The number of hydrogen-bond donors (Lipinski definition) is 1. The van der Waals surface area contributed by atoms with E-state index < -0.39 is 12.2 Å². The van der Waals surface area contributed by atoms with Crippen LogP contribution >= 0.6 is 0 Å². The predicted molar refractivity (Wildman–Crippen MR) is 80.1 cm³/mol. The number of halogens is 4. The van der Waals surface area contributed by atoms with Crippen LogP contribution < -0.4 is 10.5 Å². The monoisotopic (exact) mass is 337 g/mol. The molecule has 0 aliphatic rings. The Kier molecular flexibility index (Phi) is 3.88. The van der Waals surface area contributed by atoms with Gasteiger partial charge in [-0.3, -0.25) is 0 Å². The molecule has 8 heteroatoms. The van der Waals surface area contributed by atoms with Gasteiger partial charge in [0.15, 0.2) is 0 Å². The summed E-state index contributed by atoms with van der Waals surface area (Å²) in [4.78, 5) is 0. The van der Waals surface area contributed by atoms with E-state index in [1.165, 1.54) is 47.1 Å². The van der Waals surface area contributed by atoms with Crippen LogP contribution in [0.3, 0.4) is 0 Å². The van der Waals surface area contributed by atoms with E-state index >= 15 is 0 Å². The Morgan fingerprint density at radius 1 is 1.00 bits per heavy atom. The topological polar surface area (TPSA) is 53.1 Å². The van der Waals surface area contributed by atoms with Gasteiger partial charge in [-0.25, -0.2) is 9.07 Å². The fourth-order valence-corrected chi connectivity index (χ4v) is 2.26. The number of nitrogen functional groups attached to an aromatic ring is 1. The highest BCUT2D eigenvalue weighted by Gasteiger charge is 2.31. The molecule has 0 fully saturated rings. The molecule has 124 valence electrons. The summed E-state index contributed by atoms with van der Waals surface area (Å²) in [6.45, 7) is 0. The molecule has 1 aromatic heterocycles. The Hall–Kier alpha value is -3.03. The second-order valence-corrected chi connectivity index (χ2v) is 4.89.